The highest BCUT2D eigenvalue weighted by Crippen LogP contribution is 2.25. The van der Waals surface area contributed by atoms with Crippen molar-refractivity contribution in [2.45, 2.75) is 19.5 Å². The quantitative estimate of drug-likeness (QED) is 0.943. The highest BCUT2D eigenvalue weighted by Gasteiger charge is 2.21. The van der Waals surface area contributed by atoms with Crippen molar-refractivity contribution in [1.82, 2.24) is 15.1 Å². The zero-order valence-electron chi connectivity index (χ0n) is 12.3. The van der Waals surface area contributed by atoms with E-state index in [1.54, 1.807) is 0 Å². The fourth-order valence-electron chi connectivity index (χ4n) is 2.65. The lowest BCUT2D eigenvalue weighted by molar-refractivity contribution is 0.569. The van der Waals surface area contributed by atoms with Gasteiger partial charge in [-0.3, -0.25) is 4.68 Å². The fraction of sp³-hybridized carbons (Fsp3) is 0.400. The van der Waals surface area contributed by atoms with E-state index in [9.17, 15) is 4.39 Å². The fourth-order valence-corrected chi connectivity index (χ4v) is 2.65. The van der Waals surface area contributed by atoms with Crippen molar-refractivity contribution in [1.29, 1.82) is 0 Å². The van der Waals surface area contributed by atoms with Gasteiger partial charge >= 0.3 is 0 Å². The number of nitrogens with zero attached hydrogens (tertiary/aromatic N) is 3. The average Bonchev–Trinajstić information content (AvgIpc) is 2.81. The van der Waals surface area contributed by atoms with Gasteiger partial charge in [-0.1, -0.05) is 12.1 Å². The topological polar surface area (TPSA) is 33.1 Å². The summed E-state index contributed by atoms with van der Waals surface area (Å²) in [5, 5.41) is 8.11. The minimum absolute atomic E-state index is 0. The van der Waals surface area contributed by atoms with E-state index in [4.69, 9.17) is 5.10 Å². The van der Waals surface area contributed by atoms with Gasteiger partial charge in [-0.2, -0.15) is 5.10 Å². The third kappa shape index (κ3) is 3.19. The molecular formula is C15H20ClFN4. The number of fused-ring (bicyclic) bond motifs is 1. The zero-order chi connectivity index (χ0) is 14.1. The smallest absolute Gasteiger partial charge is 0.153 e. The van der Waals surface area contributed by atoms with Crippen molar-refractivity contribution < 1.29 is 4.39 Å². The standard InChI is InChI=1S/C15H19FN4.ClH/c1-19(2)15-13-7-8-17-9-14(13)20(18-15)10-11-3-5-12(16)6-4-11;/h3-6,17H,7-10H2,1-2H3;1H. The van der Waals surface area contributed by atoms with Crippen LogP contribution in [0.25, 0.3) is 0 Å². The first-order chi connectivity index (χ1) is 9.65. The number of halogens is 2. The second kappa shape index (κ2) is 6.45. The van der Waals surface area contributed by atoms with Crippen LogP contribution >= 0.6 is 12.4 Å². The summed E-state index contributed by atoms with van der Waals surface area (Å²) in [7, 11) is 4.04. The van der Waals surface area contributed by atoms with Gasteiger partial charge in [0.25, 0.3) is 0 Å². The Hall–Kier alpha value is -1.59. The molecule has 1 aliphatic heterocycles. The van der Waals surface area contributed by atoms with Gasteiger partial charge in [0.15, 0.2) is 5.82 Å². The Kier molecular flexibility index (Phi) is 4.85. The van der Waals surface area contributed by atoms with E-state index in [0.29, 0.717) is 6.54 Å². The molecule has 21 heavy (non-hydrogen) atoms. The van der Waals surface area contributed by atoms with Gasteiger partial charge in [-0.05, 0) is 30.7 Å². The number of nitrogens with one attached hydrogen (secondary N) is 1. The van der Waals surface area contributed by atoms with Gasteiger partial charge in [0.1, 0.15) is 5.82 Å². The van der Waals surface area contributed by atoms with Crippen molar-refractivity contribution in [3.05, 3.63) is 46.9 Å². The summed E-state index contributed by atoms with van der Waals surface area (Å²) in [4.78, 5) is 2.06. The lowest BCUT2D eigenvalue weighted by atomic mass is 10.1. The summed E-state index contributed by atoms with van der Waals surface area (Å²) in [5.74, 6) is 0.843. The van der Waals surface area contributed by atoms with Crippen LogP contribution in [0.1, 0.15) is 16.8 Å². The predicted molar refractivity (Wildman–Crippen MR) is 84.7 cm³/mol. The summed E-state index contributed by atoms with van der Waals surface area (Å²) >= 11 is 0. The first-order valence-corrected chi connectivity index (χ1v) is 6.86. The molecular weight excluding hydrogens is 291 g/mol. The molecule has 6 heteroatoms. The van der Waals surface area contributed by atoms with Gasteiger partial charge in [0, 0.05) is 26.2 Å². The van der Waals surface area contributed by atoms with Gasteiger partial charge in [0.05, 0.1) is 12.2 Å². The molecule has 0 atom stereocenters. The minimum Gasteiger partial charge on any atom is -0.361 e. The number of hydrogen-bond acceptors (Lipinski definition) is 3. The summed E-state index contributed by atoms with van der Waals surface area (Å²) < 4.78 is 15.0. The Morgan fingerprint density at radius 3 is 2.67 bits per heavy atom. The second-order valence-corrected chi connectivity index (χ2v) is 5.35. The van der Waals surface area contributed by atoms with Crippen molar-refractivity contribution in [2.75, 3.05) is 25.5 Å². The Balaban J connectivity index is 0.00000161. The normalized spacial score (nSPS) is 13.5. The average molecular weight is 311 g/mol. The van der Waals surface area contributed by atoms with E-state index in [1.165, 1.54) is 23.4 Å². The molecule has 0 radical (unpaired) electrons. The van der Waals surface area contributed by atoms with Crippen LogP contribution in [0, 0.1) is 5.82 Å². The molecule has 1 aromatic heterocycles. The molecule has 1 aromatic carbocycles. The van der Waals surface area contributed by atoms with E-state index >= 15 is 0 Å². The van der Waals surface area contributed by atoms with Crippen LogP contribution < -0.4 is 10.2 Å². The molecule has 0 saturated carbocycles. The van der Waals surface area contributed by atoms with E-state index in [0.717, 1.165) is 30.9 Å². The molecule has 114 valence electrons. The minimum atomic E-state index is -0.202. The van der Waals surface area contributed by atoms with Gasteiger partial charge < -0.3 is 10.2 Å². The molecule has 1 aliphatic rings. The third-order valence-corrected chi connectivity index (χ3v) is 3.66. The monoisotopic (exact) mass is 310 g/mol. The molecule has 0 bridgehead atoms. The number of hydrogen-bond donors (Lipinski definition) is 1. The molecule has 0 saturated heterocycles. The molecule has 1 N–H and O–H groups in total. The highest BCUT2D eigenvalue weighted by atomic mass is 35.5. The van der Waals surface area contributed by atoms with Gasteiger partial charge in [-0.25, -0.2) is 4.39 Å². The molecule has 0 spiro atoms. The summed E-state index contributed by atoms with van der Waals surface area (Å²) in [6.07, 6.45) is 1.01. The Morgan fingerprint density at radius 1 is 1.29 bits per heavy atom. The summed E-state index contributed by atoms with van der Waals surface area (Å²) in [6, 6.07) is 6.62. The predicted octanol–water partition coefficient (Wildman–Crippen LogP) is 2.20. The number of anilines is 1. The van der Waals surface area contributed by atoms with Crippen LogP contribution in [0.4, 0.5) is 10.2 Å². The number of aromatic nitrogens is 2. The zero-order valence-corrected chi connectivity index (χ0v) is 13.1. The molecule has 0 fully saturated rings. The number of rotatable bonds is 3. The molecule has 0 unspecified atom stereocenters. The van der Waals surface area contributed by atoms with Crippen LogP contribution in [-0.4, -0.2) is 30.4 Å². The molecule has 2 heterocycles. The van der Waals surface area contributed by atoms with E-state index in [-0.39, 0.29) is 18.2 Å². The lowest BCUT2D eigenvalue weighted by Gasteiger charge is -2.17. The third-order valence-electron chi connectivity index (χ3n) is 3.66. The molecule has 0 amide bonds. The molecule has 3 rings (SSSR count). The van der Waals surface area contributed by atoms with Crippen LogP contribution in [0.2, 0.25) is 0 Å². The highest BCUT2D eigenvalue weighted by molar-refractivity contribution is 5.85. The summed E-state index contributed by atoms with van der Waals surface area (Å²) in [5.41, 5.74) is 3.63. The maximum atomic E-state index is 13.0. The van der Waals surface area contributed by atoms with Crippen molar-refractivity contribution in [3.8, 4) is 0 Å². The molecule has 4 nitrogen and oxygen atoms in total. The van der Waals surface area contributed by atoms with Crippen LogP contribution in [-0.2, 0) is 19.5 Å². The maximum absolute atomic E-state index is 13.0. The molecule has 0 aliphatic carbocycles. The van der Waals surface area contributed by atoms with Crippen LogP contribution in [0.5, 0.6) is 0 Å². The Bertz CT molecular complexity index is 607. The van der Waals surface area contributed by atoms with Crippen LogP contribution in [0.3, 0.4) is 0 Å². The van der Waals surface area contributed by atoms with Gasteiger partial charge in [0.2, 0.25) is 0 Å². The SMILES string of the molecule is CN(C)c1nn(Cc2ccc(F)cc2)c2c1CCNC2.Cl. The van der Waals surface area contributed by atoms with Gasteiger partial charge in [-0.15, -0.1) is 12.4 Å². The molecule has 2 aromatic rings. The van der Waals surface area contributed by atoms with Crippen molar-refractivity contribution in [2.24, 2.45) is 0 Å². The van der Waals surface area contributed by atoms with E-state index in [1.807, 2.05) is 30.9 Å². The van der Waals surface area contributed by atoms with Crippen LogP contribution in [0.15, 0.2) is 24.3 Å². The Labute approximate surface area is 130 Å². The first-order valence-electron chi connectivity index (χ1n) is 6.86. The van der Waals surface area contributed by atoms with E-state index < -0.39 is 0 Å². The lowest BCUT2D eigenvalue weighted by Crippen LogP contribution is -2.26. The summed E-state index contributed by atoms with van der Waals surface area (Å²) in [6.45, 7) is 2.52. The largest absolute Gasteiger partial charge is 0.361 e. The number of benzene rings is 1. The Morgan fingerprint density at radius 2 is 2.00 bits per heavy atom. The maximum Gasteiger partial charge on any atom is 0.153 e. The first kappa shape index (κ1) is 15.8. The second-order valence-electron chi connectivity index (χ2n) is 5.35. The van der Waals surface area contributed by atoms with E-state index in [2.05, 4.69) is 10.2 Å². The van der Waals surface area contributed by atoms with Crippen molar-refractivity contribution >= 4 is 18.2 Å². The van der Waals surface area contributed by atoms with Crippen molar-refractivity contribution in [3.63, 3.8) is 0 Å².